The first-order chi connectivity index (χ1) is 8.67. The van der Waals surface area contributed by atoms with E-state index in [9.17, 15) is 4.39 Å². The zero-order valence-corrected chi connectivity index (χ0v) is 11.1. The largest absolute Gasteiger partial charge is 0.351 e. The number of pyridine rings is 1. The van der Waals surface area contributed by atoms with E-state index in [2.05, 4.69) is 23.7 Å². The first-order valence-electron chi connectivity index (χ1n) is 6.49. The first-order valence-corrected chi connectivity index (χ1v) is 6.49. The van der Waals surface area contributed by atoms with Crippen molar-refractivity contribution in [2.75, 3.05) is 31.1 Å². The summed E-state index contributed by atoms with van der Waals surface area (Å²) in [4.78, 5) is 8.58. The summed E-state index contributed by atoms with van der Waals surface area (Å²) in [5.74, 6) is 0.178. The van der Waals surface area contributed by atoms with Gasteiger partial charge in [-0.1, -0.05) is 6.92 Å². The van der Waals surface area contributed by atoms with Gasteiger partial charge >= 0.3 is 0 Å². The van der Waals surface area contributed by atoms with Gasteiger partial charge in [0.15, 0.2) is 11.6 Å². The Labute approximate surface area is 108 Å². The first kappa shape index (κ1) is 13.2. The van der Waals surface area contributed by atoms with Gasteiger partial charge in [-0.15, -0.1) is 0 Å². The van der Waals surface area contributed by atoms with Gasteiger partial charge in [-0.2, -0.15) is 0 Å². The van der Waals surface area contributed by atoms with Crippen LogP contribution in [0.4, 0.5) is 10.2 Å². The minimum atomic E-state index is -0.267. The van der Waals surface area contributed by atoms with Crippen LogP contribution >= 0.6 is 0 Å². The van der Waals surface area contributed by atoms with Crippen LogP contribution in [0.25, 0.3) is 0 Å². The number of halogens is 1. The number of hydrogen-bond donors (Lipinski definition) is 1. The minimum absolute atomic E-state index is 0.214. The molecular weight excluding hydrogens is 231 g/mol. The van der Waals surface area contributed by atoms with E-state index < -0.39 is 0 Å². The molecule has 2 N–H and O–H groups in total. The Morgan fingerprint density at radius 3 is 2.89 bits per heavy atom. The monoisotopic (exact) mass is 252 g/mol. The van der Waals surface area contributed by atoms with Crippen molar-refractivity contribution in [2.45, 2.75) is 26.4 Å². The maximum absolute atomic E-state index is 14.2. The van der Waals surface area contributed by atoms with Crippen molar-refractivity contribution in [3.05, 3.63) is 23.6 Å². The molecule has 0 aromatic carbocycles. The molecular formula is C13H21FN4. The van der Waals surface area contributed by atoms with Gasteiger partial charge < -0.3 is 10.6 Å². The number of nitrogens with zero attached hydrogens (tertiary/aromatic N) is 3. The zero-order chi connectivity index (χ0) is 13.1. The molecule has 1 aliphatic heterocycles. The van der Waals surface area contributed by atoms with Crippen molar-refractivity contribution < 1.29 is 4.39 Å². The molecule has 1 fully saturated rings. The van der Waals surface area contributed by atoms with E-state index in [1.165, 1.54) is 0 Å². The number of hydrogen-bond acceptors (Lipinski definition) is 4. The molecule has 1 aliphatic rings. The summed E-state index contributed by atoms with van der Waals surface area (Å²) in [5, 5.41) is 0. The van der Waals surface area contributed by atoms with E-state index in [0.717, 1.165) is 26.2 Å². The van der Waals surface area contributed by atoms with Crippen LogP contribution < -0.4 is 10.6 Å². The predicted molar refractivity (Wildman–Crippen MR) is 71.0 cm³/mol. The van der Waals surface area contributed by atoms with E-state index in [0.29, 0.717) is 17.4 Å². The van der Waals surface area contributed by atoms with Gasteiger partial charge in [-0.05, 0) is 19.5 Å². The van der Waals surface area contributed by atoms with E-state index in [1.807, 2.05) is 4.90 Å². The lowest BCUT2D eigenvalue weighted by Crippen LogP contribution is -2.52. The predicted octanol–water partition coefficient (Wildman–Crippen LogP) is 1.21. The third-order valence-electron chi connectivity index (χ3n) is 3.64. The van der Waals surface area contributed by atoms with Crippen LogP contribution in [0.3, 0.4) is 0 Å². The average molecular weight is 252 g/mol. The summed E-state index contributed by atoms with van der Waals surface area (Å²) in [7, 11) is 0. The van der Waals surface area contributed by atoms with Gasteiger partial charge in [0.2, 0.25) is 0 Å². The highest BCUT2D eigenvalue weighted by atomic mass is 19.1. The number of nitrogens with two attached hydrogens (primary N) is 1. The maximum Gasteiger partial charge on any atom is 0.170 e. The molecule has 0 spiro atoms. The molecule has 1 saturated heterocycles. The van der Waals surface area contributed by atoms with Crippen molar-refractivity contribution >= 4 is 5.82 Å². The molecule has 18 heavy (non-hydrogen) atoms. The molecule has 0 bridgehead atoms. The number of likely N-dealkylation sites (N-methyl/N-ethyl adjacent to an activating group) is 1. The molecule has 1 aromatic heterocycles. The summed E-state index contributed by atoms with van der Waals surface area (Å²) in [6.45, 7) is 8.15. The highest BCUT2D eigenvalue weighted by Gasteiger charge is 2.25. The summed E-state index contributed by atoms with van der Waals surface area (Å²) < 4.78 is 14.2. The Hall–Kier alpha value is -1.20. The number of aromatic nitrogens is 1. The molecule has 1 aromatic rings. The Bertz CT molecular complexity index is 410. The number of rotatable bonds is 3. The highest BCUT2D eigenvalue weighted by molar-refractivity contribution is 5.43. The quantitative estimate of drug-likeness (QED) is 0.878. The van der Waals surface area contributed by atoms with Crippen molar-refractivity contribution in [1.82, 2.24) is 9.88 Å². The van der Waals surface area contributed by atoms with Gasteiger partial charge in [0.25, 0.3) is 0 Å². The van der Waals surface area contributed by atoms with E-state index in [-0.39, 0.29) is 12.4 Å². The Morgan fingerprint density at radius 1 is 1.50 bits per heavy atom. The smallest absolute Gasteiger partial charge is 0.170 e. The van der Waals surface area contributed by atoms with Crippen LogP contribution in [0.5, 0.6) is 0 Å². The lowest BCUT2D eigenvalue weighted by atomic mass is 10.1. The van der Waals surface area contributed by atoms with Gasteiger partial charge in [-0.25, -0.2) is 9.37 Å². The molecule has 1 unspecified atom stereocenters. The summed E-state index contributed by atoms with van der Waals surface area (Å²) in [5.41, 5.74) is 6.06. The average Bonchev–Trinajstić information content (AvgIpc) is 2.39. The molecule has 0 amide bonds. The van der Waals surface area contributed by atoms with Crippen LogP contribution in [0, 0.1) is 5.82 Å². The fourth-order valence-electron chi connectivity index (χ4n) is 2.51. The van der Waals surface area contributed by atoms with E-state index in [4.69, 9.17) is 5.73 Å². The van der Waals surface area contributed by atoms with Gasteiger partial charge in [0.05, 0.1) is 0 Å². The number of anilines is 1. The fourth-order valence-corrected chi connectivity index (χ4v) is 2.51. The second kappa shape index (κ2) is 5.63. The summed E-state index contributed by atoms with van der Waals surface area (Å²) in [6.07, 6.45) is 1.64. The molecule has 0 radical (unpaired) electrons. The van der Waals surface area contributed by atoms with Crippen molar-refractivity contribution in [3.8, 4) is 0 Å². The zero-order valence-electron chi connectivity index (χ0n) is 11.1. The molecule has 0 aliphatic carbocycles. The van der Waals surface area contributed by atoms with Crippen molar-refractivity contribution in [3.63, 3.8) is 0 Å². The Balaban J connectivity index is 2.18. The van der Waals surface area contributed by atoms with Crippen LogP contribution in [-0.4, -0.2) is 42.1 Å². The molecule has 2 rings (SSSR count). The van der Waals surface area contributed by atoms with Crippen LogP contribution in [-0.2, 0) is 6.54 Å². The normalized spacial score (nSPS) is 21.3. The van der Waals surface area contributed by atoms with Crippen molar-refractivity contribution in [1.29, 1.82) is 0 Å². The second-order valence-electron chi connectivity index (χ2n) is 4.74. The summed E-state index contributed by atoms with van der Waals surface area (Å²) >= 11 is 0. The number of piperazine rings is 1. The SMILES string of the molecule is CCN1CCN(c2nccc(CN)c2F)CC1C. The van der Waals surface area contributed by atoms with Gasteiger partial charge in [0, 0.05) is 44.0 Å². The van der Waals surface area contributed by atoms with Gasteiger partial charge in [0.1, 0.15) is 0 Å². The third-order valence-corrected chi connectivity index (χ3v) is 3.64. The maximum atomic E-state index is 14.2. The molecule has 5 heteroatoms. The Morgan fingerprint density at radius 2 is 2.28 bits per heavy atom. The van der Waals surface area contributed by atoms with E-state index in [1.54, 1.807) is 12.3 Å². The van der Waals surface area contributed by atoms with E-state index >= 15 is 0 Å². The highest BCUT2D eigenvalue weighted by Crippen LogP contribution is 2.22. The Kier molecular flexibility index (Phi) is 4.14. The van der Waals surface area contributed by atoms with Crippen LogP contribution in [0.1, 0.15) is 19.4 Å². The molecule has 0 saturated carbocycles. The standard InChI is InChI=1S/C13H21FN4/c1-3-17-6-7-18(9-10(17)2)13-12(14)11(8-15)4-5-16-13/h4-5,10H,3,6-9,15H2,1-2H3. The van der Waals surface area contributed by atoms with Crippen LogP contribution in [0.15, 0.2) is 12.3 Å². The molecule has 100 valence electrons. The molecule has 2 heterocycles. The lowest BCUT2D eigenvalue weighted by Gasteiger charge is -2.40. The third kappa shape index (κ3) is 2.47. The minimum Gasteiger partial charge on any atom is -0.351 e. The fraction of sp³-hybridized carbons (Fsp3) is 0.615. The van der Waals surface area contributed by atoms with Gasteiger partial charge in [-0.3, -0.25) is 4.90 Å². The van der Waals surface area contributed by atoms with Crippen LogP contribution in [0.2, 0.25) is 0 Å². The summed E-state index contributed by atoms with van der Waals surface area (Å²) in [6, 6.07) is 2.07. The lowest BCUT2D eigenvalue weighted by molar-refractivity contribution is 0.198. The second-order valence-corrected chi connectivity index (χ2v) is 4.74. The van der Waals surface area contributed by atoms with Crippen molar-refractivity contribution in [2.24, 2.45) is 5.73 Å². The molecule has 4 nitrogen and oxygen atoms in total. The topological polar surface area (TPSA) is 45.4 Å². The molecule has 1 atom stereocenters.